The van der Waals surface area contributed by atoms with Crippen LogP contribution in [-0.2, 0) is 17.8 Å². The van der Waals surface area contributed by atoms with E-state index in [4.69, 9.17) is 16.0 Å². The van der Waals surface area contributed by atoms with Crippen LogP contribution in [0.1, 0.15) is 11.3 Å². The van der Waals surface area contributed by atoms with E-state index >= 15 is 0 Å². The monoisotopic (exact) mass is 327 g/mol. The predicted molar refractivity (Wildman–Crippen MR) is 86.7 cm³/mol. The minimum atomic E-state index is -0.0941. The van der Waals surface area contributed by atoms with Crippen LogP contribution >= 0.6 is 11.6 Å². The van der Waals surface area contributed by atoms with Gasteiger partial charge in [0, 0.05) is 17.4 Å². The Bertz CT molecular complexity index is 786. The third-order valence-electron chi connectivity index (χ3n) is 3.26. The van der Waals surface area contributed by atoms with E-state index in [-0.39, 0.29) is 18.9 Å². The van der Waals surface area contributed by atoms with E-state index < -0.39 is 0 Å². The lowest BCUT2D eigenvalue weighted by Gasteiger charge is -2.07. The molecule has 0 unspecified atom stereocenters. The van der Waals surface area contributed by atoms with Crippen LogP contribution < -0.4 is 5.32 Å². The Morgan fingerprint density at radius 3 is 2.65 bits per heavy atom. The third-order valence-corrected chi connectivity index (χ3v) is 3.51. The molecule has 2 heterocycles. The lowest BCUT2D eigenvalue weighted by Crippen LogP contribution is -2.25. The smallest absolute Gasteiger partial charge is 0.224 e. The molecular formula is C17H14ClN3O2. The van der Waals surface area contributed by atoms with Gasteiger partial charge in [0.2, 0.25) is 5.91 Å². The lowest BCUT2D eigenvalue weighted by molar-refractivity contribution is -0.120. The van der Waals surface area contributed by atoms with Crippen molar-refractivity contribution in [1.29, 1.82) is 0 Å². The second kappa shape index (κ2) is 7.07. The number of nitrogens with one attached hydrogen (secondary N) is 1. The molecule has 0 aliphatic rings. The van der Waals surface area contributed by atoms with E-state index in [1.807, 2.05) is 18.2 Å². The van der Waals surface area contributed by atoms with Crippen LogP contribution in [0.5, 0.6) is 0 Å². The van der Waals surface area contributed by atoms with E-state index in [0.717, 1.165) is 5.56 Å². The summed E-state index contributed by atoms with van der Waals surface area (Å²) in [5.74, 6) is 0.531. The van der Waals surface area contributed by atoms with E-state index in [2.05, 4.69) is 15.3 Å². The van der Waals surface area contributed by atoms with Crippen LogP contribution in [0, 0.1) is 0 Å². The van der Waals surface area contributed by atoms with Crippen molar-refractivity contribution in [2.24, 2.45) is 0 Å². The first kappa shape index (κ1) is 15.2. The SMILES string of the molecule is O=C(Cc1ccc(Cl)cc1)NCc1nccnc1-c1ccco1. The summed E-state index contributed by atoms with van der Waals surface area (Å²) >= 11 is 5.83. The molecule has 0 fully saturated rings. The highest BCUT2D eigenvalue weighted by Crippen LogP contribution is 2.19. The maximum absolute atomic E-state index is 12.1. The highest BCUT2D eigenvalue weighted by atomic mass is 35.5. The number of aromatic nitrogens is 2. The zero-order valence-electron chi connectivity index (χ0n) is 12.2. The van der Waals surface area contributed by atoms with Gasteiger partial charge in [0.25, 0.3) is 0 Å². The van der Waals surface area contributed by atoms with E-state index in [1.165, 1.54) is 0 Å². The van der Waals surface area contributed by atoms with Gasteiger partial charge in [-0.15, -0.1) is 0 Å². The van der Waals surface area contributed by atoms with Crippen LogP contribution in [0.2, 0.25) is 5.02 Å². The summed E-state index contributed by atoms with van der Waals surface area (Å²) in [6, 6.07) is 10.8. The fraction of sp³-hybridized carbons (Fsp3) is 0.118. The Labute approximate surface area is 138 Å². The zero-order valence-corrected chi connectivity index (χ0v) is 13.0. The van der Waals surface area contributed by atoms with Gasteiger partial charge in [-0.2, -0.15) is 0 Å². The number of rotatable bonds is 5. The van der Waals surface area contributed by atoms with Gasteiger partial charge >= 0.3 is 0 Å². The molecule has 0 saturated carbocycles. The van der Waals surface area contributed by atoms with Gasteiger partial charge < -0.3 is 9.73 Å². The van der Waals surface area contributed by atoms with Gasteiger partial charge in [0.1, 0.15) is 5.69 Å². The maximum atomic E-state index is 12.1. The molecule has 0 spiro atoms. The molecule has 0 aliphatic heterocycles. The molecule has 3 aromatic rings. The van der Waals surface area contributed by atoms with E-state index in [1.54, 1.807) is 36.9 Å². The lowest BCUT2D eigenvalue weighted by atomic mass is 10.1. The van der Waals surface area contributed by atoms with E-state index in [9.17, 15) is 4.79 Å². The number of hydrogen-bond acceptors (Lipinski definition) is 4. The molecule has 1 aromatic carbocycles. The van der Waals surface area contributed by atoms with Crippen molar-refractivity contribution in [3.05, 3.63) is 71.3 Å². The minimum absolute atomic E-state index is 0.0941. The fourth-order valence-corrected chi connectivity index (χ4v) is 2.27. The minimum Gasteiger partial charge on any atom is -0.463 e. The molecule has 1 amide bonds. The quantitative estimate of drug-likeness (QED) is 0.781. The zero-order chi connectivity index (χ0) is 16.1. The maximum Gasteiger partial charge on any atom is 0.224 e. The number of benzene rings is 1. The van der Waals surface area contributed by atoms with Crippen molar-refractivity contribution in [1.82, 2.24) is 15.3 Å². The van der Waals surface area contributed by atoms with Gasteiger partial charge in [0.15, 0.2) is 5.76 Å². The molecule has 23 heavy (non-hydrogen) atoms. The number of furan rings is 1. The Morgan fingerprint density at radius 1 is 1.13 bits per heavy atom. The average Bonchev–Trinajstić information content (AvgIpc) is 3.10. The summed E-state index contributed by atoms with van der Waals surface area (Å²) in [5, 5.41) is 3.50. The Morgan fingerprint density at radius 2 is 1.91 bits per heavy atom. The van der Waals surface area contributed by atoms with Crippen LogP contribution in [0.25, 0.3) is 11.5 Å². The summed E-state index contributed by atoms with van der Waals surface area (Å²) in [6.07, 6.45) is 5.05. The Balaban J connectivity index is 1.64. The summed E-state index contributed by atoms with van der Waals surface area (Å²) in [4.78, 5) is 20.6. The molecule has 1 N–H and O–H groups in total. The molecule has 6 heteroatoms. The summed E-state index contributed by atoms with van der Waals surface area (Å²) in [5.41, 5.74) is 2.19. The van der Waals surface area contributed by atoms with Crippen molar-refractivity contribution in [2.75, 3.05) is 0 Å². The first-order chi connectivity index (χ1) is 11.2. The van der Waals surface area contributed by atoms with Crippen molar-refractivity contribution >= 4 is 17.5 Å². The number of amides is 1. The summed E-state index contributed by atoms with van der Waals surface area (Å²) in [6.45, 7) is 0.288. The molecule has 3 rings (SSSR count). The Hall–Kier alpha value is -2.66. The van der Waals surface area contributed by atoms with Gasteiger partial charge in [-0.3, -0.25) is 9.78 Å². The number of halogens is 1. The van der Waals surface area contributed by atoms with Crippen LogP contribution in [0.3, 0.4) is 0 Å². The summed E-state index contributed by atoms with van der Waals surface area (Å²) in [7, 11) is 0. The molecule has 0 saturated heterocycles. The second-order valence-corrected chi connectivity index (χ2v) is 5.35. The van der Waals surface area contributed by atoms with Crippen molar-refractivity contribution < 1.29 is 9.21 Å². The molecule has 0 aliphatic carbocycles. The normalized spacial score (nSPS) is 10.5. The number of carbonyl (C=O) groups excluding carboxylic acids is 1. The van der Waals surface area contributed by atoms with Crippen LogP contribution in [-0.4, -0.2) is 15.9 Å². The van der Waals surface area contributed by atoms with Crippen LogP contribution in [0.4, 0.5) is 0 Å². The average molecular weight is 328 g/mol. The van der Waals surface area contributed by atoms with Crippen molar-refractivity contribution in [3.63, 3.8) is 0 Å². The topological polar surface area (TPSA) is 68.0 Å². The number of nitrogens with zero attached hydrogens (tertiary/aromatic N) is 2. The van der Waals surface area contributed by atoms with Gasteiger partial charge in [0.05, 0.1) is 24.9 Å². The highest BCUT2D eigenvalue weighted by Gasteiger charge is 2.11. The third kappa shape index (κ3) is 3.96. The first-order valence-electron chi connectivity index (χ1n) is 7.07. The van der Waals surface area contributed by atoms with Crippen molar-refractivity contribution in [2.45, 2.75) is 13.0 Å². The van der Waals surface area contributed by atoms with Gasteiger partial charge in [-0.1, -0.05) is 23.7 Å². The van der Waals surface area contributed by atoms with Crippen molar-refractivity contribution in [3.8, 4) is 11.5 Å². The largest absolute Gasteiger partial charge is 0.463 e. The van der Waals surface area contributed by atoms with E-state index in [0.29, 0.717) is 22.2 Å². The van der Waals surface area contributed by atoms with Gasteiger partial charge in [-0.25, -0.2) is 4.98 Å². The molecule has 0 radical (unpaired) electrons. The standard InChI is InChI=1S/C17H14ClN3O2/c18-13-5-3-12(4-6-13)10-16(22)21-11-14-17(20-8-7-19-14)15-2-1-9-23-15/h1-9H,10-11H2,(H,21,22). The molecule has 5 nitrogen and oxygen atoms in total. The Kier molecular flexibility index (Phi) is 4.68. The number of carbonyl (C=O) groups is 1. The molecule has 0 bridgehead atoms. The molecule has 2 aromatic heterocycles. The molecule has 116 valence electrons. The molecular weight excluding hydrogens is 314 g/mol. The second-order valence-electron chi connectivity index (χ2n) is 4.91. The highest BCUT2D eigenvalue weighted by molar-refractivity contribution is 6.30. The first-order valence-corrected chi connectivity index (χ1v) is 7.45. The summed E-state index contributed by atoms with van der Waals surface area (Å²) < 4.78 is 5.35. The fourth-order valence-electron chi connectivity index (χ4n) is 2.15. The van der Waals surface area contributed by atoms with Gasteiger partial charge in [-0.05, 0) is 29.8 Å². The number of hydrogen-bond donors (Lipinski definition) is 1. The molecule has 0 atom stereocenters. The predicted octanol–water partition coefficient (Wildman–Crippen LogP) is 3.25. The van der Waals surface area contributed by atoms with Crippen LogP contribution in [0.15, 0.2) is 59.5 Å².